The first-order chi connectivity index (χ1) is 15.2. The molecule has 0 aliphatic carbocycles. The Bertz CT molecular complexity index is 1280. The van der Waals surface area contributed by atoms with Crippen molar-refractivity contribution in [1.82, 2.24) is 9.88 Å². The number of aromatic nitrogens is 1. The number of pyridine rings is 1. The van der Waals surface area contributed by atoms with Crippen LogP contribution in [0, 0.1) is 5.82 Å². The number of ketones is 1. The summed E-state index contributed by atoms with van der Waals surface area (Å²) in [6.07, 6.45) is 4.11. The minimum Gasteiger partial charge on any atom is -0.336 e. The highest BCUT2D eigenvalue weighted by molar-refractivity contribution is 7.90. The number of fused-ring (bicyclic) bond motifs is 1. The van der Waals surface area contributed by atoms with Gasteiger partial charge in [0.15, 0.2) is 9.84 Å². The zero-order chi connectivity index (χ0) is 22.9. The number of amides is 1. The Hall–Kier alpha value is -3.13. The molecule has 1 fully saturated rings. The Morgan fingerprint density at radius 2 is 1.75 bits per heavy atom. The van der Waals surface area contributed by atoms with E-state index in [0.29, 0.717) is 31.5 Å². The third-order valence-corrected chi connectivity index (χ3v) is 7.04. The van der Waals surface area contributed by atoms with E-state index in [0.717, 1.165) is 22.7 Å². The highest BCUT2D eigenvalue weighted by atomic mass is 32.2. The van der Waals surface area contributed by atoms with Gasteiger partial charge in [-0.3, -0.25) is 14.6 Å². The molecule has 0 N–H and O–H groups in total. The van der Waals surface area contributed by atoms with E-state index in [9.17, 15) is 22.4 Å². The fourth-order valence-electron chi connectivity index (χ4n) is 4.18. The van der Waals surface area contributed by atoms with E-state index in [2.05, 4.69) is 4.98 Å². The van der Waals surface area contributed by atoms with Crippen LogP contribution in [-0.2, 0) is 25.8 Å². The lowest BCUT2D eigenvalue weighted by Gasteiger charge is -2.32. The number of carbonyl (C=O) groups excluding carboxylic acids is 2. The molecule has 3 aromatic rings. The molecule has 0 atom stereocenters. The molecule has 166 valence electrons. The summed E-state index contributed by atoms with van der Waals surface area (Å²) in [4.78, 5) is 31.2. The van der Waals surface area contributed by atoms with Gasteiger partial charge in [0.1, 0.15) is 5.82 Å². The summed E-state index contributed by atoms with van der Waals surface area (Å²) in [5.41, 5.74) is 2.34. The molecule has 1 aliphatic rings. The van der Waals surface area contributed by atoms with Gasteiger partial charge in [-0.25, -0.2) is 12.8 Å². The molecule has 6 nitrogen and oxygen atoms in total. The van der Waals surface area contributed by atoms with Crippen molar-refractivity contribution in [3.63, 3.8) is 0 Å². The molecule has 0 radical (unpaired) electrons. The third kappa shape index (κ3) is 4.70. The van der Waals surface area contributed by atoms with Gasteiger partial charge in [0.05, 0.1) is 10.4 Å². The summed E-state index contributed by atoms with van der Waals surface area (Å²) in [6, 6.07) is 12.4. The minimum atomic E-state index is -3.31. The van der Waals surface area contributed by atoms with E-state index < -0.39 is 21.5 Å². The molecule has 0 saturated carbocycles. The van der Waals surface area contributed by atoms with Crippen LogP contribution in [0.15, 0.2) is 59.6 Å². The molecule has 1 aromatic heterocycles. The average Bonchev–Trinajstić information content (AvgIpc) is 2.78. The van der Waals surface area contributed by atoms with Crippen LogP contribution in [0.4, 0.5) is 4.39 Å². The van der Waals surface area contributed by atoms with Crippen LogP contribution in [0.5, 0.6) is 0 Å². The number of Topliss-reactive ketones (excluding diaryl/α,β-unsaturated/α-hetero) is 1. The van der Waals surface area contributed by atoms with E-state index in [1.807, 2.05) is 6.07 Å². The molecule has 8 heteroatoms. The van der Waals surface area contributed by atoms with Crippen molar-refractivity contribution in [2.75, 3.05) is 19.3 Å². The number of likely N-dealkylation sites (tertiary alicyclic amines) is 1. The van der Waals surface area contributed by atoms with Gasteiger partial charge < -0.3 is 4.90 Å². The SMILES string of the molecule is CS(=O)(=O)c1ccc(CC(=O)C(=O)N2CCC(c3ccnc4ccc(F)cc34)CC2)cc1. The number of rotatable bonds is 5. The highest BCUT2D eigenvalue weighted by Gasteiger charge is 2.28. The van der Waals surface area contributed by atoms with Crippen molar-refractivity contribution in [1.29, 1.82) is 0 Å². The molecule has 1 amide bonds. The topological polar surface area (TPSA) is 84.4 Å². The summed E-state index contributed by atoms with van der Waals surface area (Å²) in [5.74, 6) is -1.20. The van der Waals surface area contributed by atoms with Gasteiger partial charge in [-0.2, -0.15) is 0 Å². The smallest absolute Gasteiger partial charge is 0.290 e. The maximum Gasteiger partial charge on any atom is 0.290 e. The number of nitrogens with zero attached hydrogens (tertiary/aromatic N) is 2. The molecule has 4 rings (SSSR count). The normalized spacial score (nSPS) is 15.1. The van der Waals surface area contributed by atoms with Gasteiger partial charge in [0, 0.05) is 37.3 Å². The summed E-state index contributed by atoms with van der Waals surface area (Å²) >= 11 is 0. The minimum absolute atomic E-state index is 0.0723. The maximum absolute atomic E-state index is 13.8. The standard InChI is InChI=1S/C24H23FN2O4S/c1-32(30,31)19-5-2-16(3-6-19)14-23(28)24(29)27-12-9-17(10-13-27)20-8-11-26-22-7-4-18(25)15-21(20)22/h2-8,11,15,17H,9-10,12-14H2,1H3. The third-order valence-electron chi connectivity index (χ3n) is 5.91. The first-order valence-corrected chi connectivity index (χ1v) is 12.3. The van der Waals surface area contributed by atoms with Gasteiger partial charge >= 0.3 is 0 Å². The molecule has 0 unspecified atom stereocenters. The zero-order valence-electron chi connectivity index (χ0n) is 17.6. The van der Waals surface area contributed by atoms with Crippen molar-refractivity contribution in [2.45, 2.75) is 30.1 Å². The van der Waals surface area contributed by atoms with Crippen LogP contribution in [0.3, 0.4) is 0 Å². The number of hydrogen-bond acceptors (Lipinski definition) is 5. The van der Waals surface area contributed by atoms with Crippen molar-refractivity contribution in [3.05, 3.63) is 71.7 Å². The number of halogens is 1. The molecule has 1 saturated heterocycles. The Labute approximate surface area is 186 Å². The van der Waals surface area contributed by atoms with E-state index in [-0.39, 0.29) is 23.1 Å². The Morgan fingerprint density at radius 1 is 1.06 bits per heavy atom. The summed E-state index contributed by atoms with van der Waals surface area (Å²) < 4.78 is 36.9. The summed E-state index contributed by atoms with van der Waals surface area (Å²) in [6.45, 7) is 0.892. The monoisotopic (exact) mass is 454 g/mol. The van der Waals surface area contributed by atoms with E-state index in [1.165, 1.54) is 24.3 Å². The van der Waals surface area contributed by atoms with Gasteiger partial charge in [0.2, 0.25) is 5.78 Å². The van der Waals surface area contributed by atoms with Crippen LogP contribution >= 0.6 is 0 Å². The van der Waals surface area contributed by atoms with Crippen molar-refractivity contribution < 1.29 is 22.4 Å². The number of sulfone groups is 1. The molecule has 2 heterocycles. The second-order valence-electron chi connectivity index (χ2n) is 8.14. The van der Waals surface area contributed by atoms with Crippen LogP contribution < -0.4 is 0 Å². The first kappa shape index (κ1) is 22.1. The number of benzene rings is 2. The van der Waals surface area contributed by atoms with E-state index in [1.54, 1.807) is 29.3 Å². The highest BCUT2D eigenvalue weighted by Crippen LogP contribution is 2.32. The Balaban J connectivity index is 1.39. The number of hydrogen-bond donors (Lipinski definition) is 0. The quantitative estimate of drug-likeness (QED) is 0.553. The van der Waals surface area contributed by atoms with Gasteiger partial charge in [-0.15, -0.1) is 0 Å². The zero-order valence-corrected chi connectivity index (χ0v) is 18.4. The largest absolute Gasteiger partial charge is 0.336 e. The molecule has 2 aromatic carbocycles. The molecular weight excluding hydrogens is 431 g/mol. The second kappa shape index (κ2) is 8.78. The van der Waals surface area contributed by atoms with Crippen LogP contribution in [0.2, 0.25) is 0 Å². The van der Waals surface area contributed by atoms with Crippen LogP contribution in [0.1, 0.15) is 29.9 Å². The van der Waals surface area contributed by atoms with E-state index >= 15 is 0 Å². The molecule has 32 heavy (non-hydrogen) atoms. The van der Waals surface area contributed by atoms with E-state index in [4.69, 9.17) is 0 Å². The van der Waals surface area contributed by atoms with Crippen molar-refractivity contribution in [3.8, 4) is 0 Å². The second-order valence-corrected chi connectivity index (χ2v) is 10.2. The van der Waals surface area contributed by atoms with Crippen LogP contribution in [0.25, 0.3) is 10.9 Å². The van der Waals surface area contributed by atoms with Crippen molar-refractivity contribution >= 4 is 32.4 Å². The predicted molar refractivity (Wildman–Crippen MR) is 119 cm³/mol. The lowest BCUT2D eigenvalue weighted by atomic mass is 9.87. The van der Waals surface area contributed by atoms with Gasteiger partial charge in [-0.1, -0.05) is 12.1 Å². The lowest BCUT2D eigenvalue weighted by molar-refractivity contribution is -0.145. The van der Waals surface area contributed by atoms with Gasteiger partial charge in [0.25, 0.3) is 5.91 Å². The Kier molecular flexibility index (Phi) is 6.06. The molecule has 1 aliphatic heterocycles. The number of carbonyl (C=O) groups is 2. The Morgan fingerprint density at radius 3 is 2.41 bits per heavy atom. The van der Waals surface area contributed by atoms with Crippen LogP contribution in [-0.4, -0.2) is 49.3 Å². The molecule has 0 bridgehead atoms. The molecule has 0 spiro atoms. The summed E-state index contributed by atoms with van der Waals surface area (Å²) in [7, 11) is -3.31. The molecular formula is C24H23FN2O4S. The fourth-order valence-corrected chi connectivity index (χ4v) is 4.81. The van der Waals surface area contributed by atoms with Gasteiger partial charge in [-0.05, 0) is 66.3 Å². The lowest BCUT2D eigenvalue weighted by Crippen LogP contribution is -2.42. The number of piperidine rings is 1. The average molecular weight is 455 g/mol. The maximum atomic E-state index is 13.8. The fraction of sp³-hybridized carbons (Fsp3) is 0.292. The van der Waals surface area contributed by atoms with Crippen molar-refractivity contribution in [2.24, 2.45) is 0 Å². The first-order valence-electron chi connectivity index (χ1n) is 10.4. The summed E-state index contributed by atoms with van der Waals surface area (Å²) in [5, 5.41) is 0.783. The predicted octanol–water partition coefficient (Wildman–Crippen LogP) is 3.30.